The Labute approximate surface area is 140 Å². The van der Waals surface area contributed by atoms with E-state index in [4.69, 9.17) is 0 Å². The summed E-state index contributed by atoms with van der Waals surface area (Å²) >= 11 is 0. The van der Waals surface area contributed by atoms with Crippen LogP contribution >= 0.6 is 0 Å². The molecule has 0 aliphatic heterocycles. The van der Waals surface area contributed by atoms with E-state index >= 15 is 0 Å². The number of hydrogen-bond donors (Lipinski definition) is 0. The first kappa shape index (κ1) is 15.8. The van der Waals surface area contributed by atoms with E-state index in [0.29, 0.717) is 0 Å². The summed E-state index contributed by atoms with van der Waals surface area (Å²) in [6.45, 7) is 11.5. The molecular formula is C23H26. The van der Waals surface area contributed by atoms with E-state index in [2.05, 4.69) is 89.3 Å². The molecule has 0 fully saturated rings. The first-order valence-electron chi connectivity index (χ1n) is 8.46. The summed E-state index contributed by atoms with van der Waals surface area (Å²) in [4.78, 5) is 0. The molecule has 0 spiro atoms. The van der Waals surface area contributed by atoms with Crippen LogP contribution in [0.2, 0.25) is 0 Å². The Balaban J connectivity index is 2.27. The molecule has 1 aliphatic carbocycles. The van der Waals surface area contributed by atoms with Crippen LogP contribution in [0.4, 0.5) is 0 Å². The molecule has 0 aromatic heterocycles. The van der Waals surface area contributed by atoms with Crippen molar-refractivity contribution in [1.82, 2.24) is 0 Å². The number of benzene rings is 2. The summed E-state index contributed by atoms with van der Waals surface area (Å²) in [5, 5.41) is 0. The van der Waals surface area contributed by atoms with Gasteiger partial charge in [-0.1, -0.05) is 61.6 Å². The summed E-state index contributed by atoms with van der Waals surface area (Å²) in [7, 11) is 0. The lowest BCUT2D eigenvalue weighted by Gasteiger charge is -2.33. The molecule has 118 valence electrons. The standard InChI is InChI=1S/C23H26/c1-16-18(3)22(23(5)14-10-7-11-15-23)19(4)17(2)21(16)20-12-8-6-9-13-20/h6-14H,15H2,1-5H3. The molecule has 23 heavy (non-hydrogen) atoms. The van der Waals surface area contributed by atoms with E-state index in [1.54, 1.807) is 0 Å². The van der Waals surface area contributed by atoms with Crippen LogP contribution in [0.1, 0.15) is 41.2 Å². The molecule has 0 bridgehead atoms. The van der Waals surface area contributed by atoms with E-state index in [1.165, 1.54) is 38.9 Å². The Morgan fingerprint density at radius 2 is 1.39 bits per heavy atom. The summed E-state index contributed by atoms with van der Waals surface area (Å²) in [6.07, 6.45) is 10.1. The lowest BCUT2D eigenvalue weighted by Crippen LogP contribution is -2.23. The molecule has 0 heterocycles. The molecule has 0 saturated heterocycles. The lowest BCUT2D eigenvalue weighted by molar-refractivity contribution is 0.590. The zero-order valence-corrected chi connectivity index (χ0v) is 14.9. The van der Waals surface area contributed by atoms with Crippen molar-refractivity contribution in [2.75, 3.05) is 0 Å². The maximum absolute atomic E-state index is 2.36. The predicted molar refractivity (Wildman–Crippen MR) is 101 cm³/mol. The topological polar surface area (TPSA) is 0 Å². The summed E-state index contributed by atoms with van der Waals surface area (Å²) < 4.78 is 0. The molecular weight excluding hydrogens is 276 g/mol. The van der Waals surface area contributed by atoms with Gasteiger partial charge in [0.15, 0.2) is 0 Å². The van der Waals surface area contributed by atoms with Gasteiger partial charge in [-0.25, -0.2) is 0 Å². The fourth-order valence-electron chi connectivity index (χ4n) is 4.12. The molecule has 0 amide bonds. The average Bonchev–Trinajstić information content (AvgIpc) is 2.55. The third-order valence-corrected chi connectivity index (χ3v) is 5.51. The van der Waals surface area contributed by atoms with E-state index in [1.807, 2.05) is 0 Å². The predicted octanol–water partition coefficient (Wildman–Crippen LogP) is 6.36. The molecule has 0 nitrogen and oxygen atoms in total. The Bertz CT molecular complexity index is 762. The fraction of sp³-hybridized carbons (Fsp3) is 0.304. The highest BCUT2D eigenvalue weighted by atomic mass is 14.3. The van der Waals surface area contributed by atoms with Gasteiger partial charge in [0.25, 0.3) is 0 Å². The summed E-state index contributed by atoms with van der Waals surface area (Å²) in [6, 6.07) is 10.8. The second kappa shape index (κ2) is 5.85. The first-order valence-corrected chi connectivity index (χ1v) is 8.46. The lowest BCUT2D eigenvalue weighted by atomic mass is 9.71. The van der Waals surface area contributed by atoms with Gasteiger partial charge in [0.1, 0.15) is 0 Å². The van der Waals surface area contributed by atoms with Crippen molar-refractivity contribution in [2.24, 2.45) is 0 Å². The van der Waals surface area contributed by atoms with Gasteiger partial charge in [-0.2, -0.15) is 0 Å². The number of allylic oxidation sites excluding steroid dienone is 4. The molecule has 1 aliphatic rings. The van der Waals surface area contributed by atoms with Crippen LogP contribution in [0.15, 0.2) is 54.6 Å². The zero-order valence-electron chi connectivity index (χ0n) is 14.9. The van der Waals surface area contributed by atoms with Crippen LogP contribution in [-0.4, -0.2) is 0 Å². The average molecular weight is 302 g/mol. The van der Waals surface area contributed by atoms with Crippen LogP contribution in [0.5, 0.6) is 0 Å². The molecule has 2 aromatic rings. The van der Waals surface area contributed by atoms with Gasteiger partial charge in [-0.3, -0.25) is 0 Å². The minimum atomic E-state index is 0.105. The second-order valence-electron chi connectivity index (χ2n) is 7.02. The van der Waals surface area contributed by atoms with Gasteiger partial charge in [-0.05, 0) is 73.1 Å². The number of rotatable bonds is 2. The quantitative estimate of drug-likeness (QED) is 0.605. The van der Waals surface area contributed by atoms with Crippen LogP contribution in [0.25, 0.3) is 11.1 Å². The zero-order chi connectivity index (χ0) is 16.6. The summed E-state index contributed by atoms with van der Waals surface area (Å²) in [5.74, 6) is 0. The molecule has 0 N–H and O–H groups in total. The second-order valence-corrected chi connectivity index (χ2v) is 7.02. The third kappa shape index (κ3) is 2.57. The maximum atomic E-state index is 2.36. The van der Waals surface area contributed by atoms with Crippen molar-refractivity contribution in [3.8, 4) is 11.1 Å². The smallest absolute Gasteiger partial charge is 0.0147 e. The van der Waals surface area contributed by atoms with Crippen LogP contribution in [-0.2, 0) is 5.41 Å². The van der Waals surface area contributed by atoms with E-state index in [-0.39, 0.29) is 5.41 Å². The Hall–Kier alpha value is -2.08. The minimum Gasteiger partial charge on any atom is -0.0834 e. The monoisotopic (exact) mass is 302 g/mol. The van der Waals surface area contributed by atoms with Crippen molar-refractivity contribution in [1.29, 1.82) is 0 Å². The van der Waals surface area contributed by atoms with Crippen molar-refractivity contribution in [2.45, 2.75) is 46.5 Å². The Morgan fingerprint density at radius 1 is 0.783 bits per heavy atom. The van der Waals surface area contributed by atoms with Crippen LogP contribution in [0, 0.1) is 27.7 Å². The van der Waals surface area contributed by atoms with Crippen molar-refractivity contribution in [3.63, 3.8) is 0 Å². The molecule has 3 rings (SSSR count). The number of hydrogen-bond acceptors (Lipinski definition) is 0. The maximum Gasteiger partial charge on any atom is 0.0147 e. The first-order chi connectivity index (χ1) is 11.0. The van der Waals surface area contributed by atoms with E-state index in [0.717, 1.165) is 6.42 Å². The normalized spacial score (nSPS) is 20.0. The third-order valence-electron chi connectivity index (χ3n) is 5.51. The fourth-order valence-corrected chi connectivity index (χ4v) is 4.12. The minimum absolute atomic E-state index is 0.105. The Kier molecular flexibility index (Phi) is 4.02. The molecule has 0 radical (unpaired) electrons. The van der Waals surface area contributed by atoms with Crippen LogP contribution in [0.3, 0.4) is 0 Å². The van der Waals surface area contributed by atoms with Crippen LogP contribution < -0.4 is 0 Å². The van der Waals surface area contributed by atoms with E-state index in [9.17, 15) is 0 Å². The molecule has 1 atom stereocenters. The SMILES string of the molecule is Cc1c(C)c(C2(C)C=CC=CC2)c(C)c(C)c1-c1ccccc1. The van der Waals surface area contributed by atoms with Crippen molar-refractivity contribution in [3.05, 3.63) is 82.5 Å². The molecule has 0 heteroatoms. The summed E-state index contributed by atoms with van der Waals surface area (Å²) in [5.41, 5.74) is 10.1. The van der Waals surface area contributed by atoms with Crippen molar-refractivity contribution < 1.29 is 0 Å². The Morgan fingerprint density at radius 3 is 1.91 bits per heavy atom. The van der Waals surface area contributed by atoms with Gasteiger partial charge in [0.05, 0.1) is 0 Å². The molecule has 1 unspecified atom stereocenters. The molecule has 2 aromatic carbocycles. The van der Waals surface area contributed by atoms with Gasteiger partial charge >= 0.3 is 0 Å². The highest BCUT2D eigenvalue weighted by Gasteiger charge is 2.29. The van der Waals surface area contributed by atoms with Gasteiger partial charge in [0.2, 0.25) is 0 Å². The highest BCUT2D eigenvalue weighted by Crippen LogP contribution is 2.42. The van der Waals surface area contributed by atoms with E-state index < -0.39 is 0 Å². The molecule has 0 saturated carbocycles. The van der Waals surface area contributed by atoms with Gasteiger partial charge in [-0.15, -0.1) is 0 Å². The van der Waals surface area contributed by atoms with Gasteiger partial charge < -0.3 is 0 Å². The van der Waals surface area contributed by atoms with Gasteiger partial charge in [0, 0.05) is 5.41 Å². The largest absolute Gasteiger partial charge is 0.0834 e. The van der Waals surface area contributed by atoms with Crippen molar-refractivity contribution >= 4 is 0 Å². The highest BCUT2D eigenvalue weighted by molar-refractivity contribution is 5.75.